The molecule has 0 bridgehead atoms. The molecule has 0 aliphatic carbocycles. The minimum Gasteiger partial charge on any atom is -0.481 e. The van der Waals surface area contributed by atoms with Gasteiger partial charge in [-0.2, -0.15) is 0 Å². The minimum atomic E-state index is -0.880. The van der Waals surface area contributed by atoms with Gasteiger partial charge in [-0.15, -0.1) is 0 Å². The fourth-order valence-corrected chi connectivity index (χ4v) is 5.73. The zero-order valence-electron chi connectivity index (χ0n) is 28.3. The van der Waals surface area contributed by atoms with Gasteiger partial charge in [0.15, 0.2) is 0 Å². The molecular formula is C38H72O4. The van der Waals surface area contributed by atoms with Crippen molar-refractivity contribution in [2.45, 2.75) is 219 Å². The fourth-order valence-electron chi connectivity index (χ4n) is 5.73. The lowest BCUT2D eigenvalue weighted by atomic mass is 10.0. The molecule has 0 radical (unpaired) electrons. The fraction of sp³-hybridized carbons (Fsp3) is 0.895. The number of carbonyl (C=O) groups excluding carboxylic acids is 1. The SMILES string of the molecule is CCCCCCCC/C=C\CCCCCCCC(=O)OC(CCCCCCCCCCCCCCCCC)CC(=O)O. The van der Waals surface area contributed by atoms with Crippen LogP contribution in [0.25, 0.3) is 0 Å². The standard InChI is InChI=1S/C38H72O4/c1-3-5-7-9-11-13-15-17-19-21-23-25-27-29-31-33-36(35-37(39)40)42-38(41)34-32-30-28-26-24-22-20-18-16-14-12-10-8-6-4-2/h18,20,36H,3-17,19,21-35H2,1-2H3,(H,39,40)/b20-18-. The van der Waals surface area contributed by atoms with Gasteiger partial charge in [0.05, 0.1) is 6.42 Å². The van der Waals surface area contributed by atoms with Gasteiger partial charge >= 0.3 is 11.9 Å². The van der Waals surface area contributed by atoms with Crippen LogP contribution >= 0.6 is 0 Å². The van der Waals surface area contributed by atoms with E-state index in [9.17, 15) is 14.7 Å². The Hall–Kier alpha value is -1.32. The van der Waals surface area contributed by atoms with Crippen molar-refractivity contribution in [3.63, 3.8) is 0 Å². The monoisotopic (exact) mass is 593 g/mol. The third-order valence-corrected chi connectivity index (χ3v) is 8.47. The van der Waals surface area contributed by atoms with Gasteiger partial charge in [-0.05, 0) is 44.9 Å². The molecular weight excluding hydrogens is 520 g/mol. The Labute approximate surface area is 262 Å². The summed E-state index contributed by atoms with van der Waals surface area (Å²) in [6, 6.07) is 0. The first-order valence-corrected chi connectivity index (χ1v) is 18.7. The van der Waals surface area contributed by atoms with Crippen LogP contribution in [0.3, 0.4) is 0 Å². The highest BCUT2D eigenvalue weighted by Gasteiger charge is 2.17. The van der Waals surface area contributed by atoms with E-state index in [1.165, 1.54) is 141 Å². The van der Waals surface area contributed by atoms with Crippen LogP contribution in [0.5, 0.6) is 0 Å². The zero-order chi connectivity index (χ0) is 30.8. The van der Waals surface area contributed by atoms with E-state index in [1.54, 1.807) is 0 Å². The second kappa shape index (κ2) is 34.2. The number of allylic oxidation sites excluding steroid dienone is 2. The second-order valence-corrected chi connectivity index (χ2v) is 12.8. The first-order valence-electron chi connectivity index (χ1n) is 18.7. The van der Waals surface area contributed by atoms with Gasteiger partial charge in [0.2, 0.25) is 0 Å². The summed E-state index contributed by atoms with van der Waals surface area (Å²) < 4.78 is 5.57. The van der Waals surface area contributed by atoms with Gasteiger partial charge in [0, 0.05) is 6.42 Å². The summed E-state index contributed by atoms with van der Waals surface area (Å²) >= 11 is 0. The maximum absolute atomic E-state index is 12.3. The van der Waals surface area contributed by atoms with E-state index in [-0.39, 0.29) is 12.4 Å². The minimum absolute atomic E-state index is 0.0727. The summed E-state index contributed by atoms with van der Waals surface area (Å²) in [7, 11) is 0. The number of rotatable bonds is 34. The molecule has 0 aromatic carbocycles. The number of hydrogen-bond acceptors (Lipinski definition) is 3. The van der Waals surface area contributed by atoms with Crippen molar-refractivity contribution in [1.82, 2.24) is 0 Å². The summed E-state index contributed by atoms with van der Waals surface area (Å²) in [6.45, 7) is 4.54. The van der Waals surface area contributed by atoms with Crippen LogP contribution in [0.15, 0.2) is 12.2 Å². The molecule has 1 N–H and O–H groups in total. The summed E-state index contributed by atoms with van der Waals surface area (Å²) in [5.41, 5.74) is 0. The Morgan fingerprint density at radius 1 is 0.524 bits per heavy atom. The molecule has 0 heterocycles. The number of unbranched alkanes of at least 4 members (excludes halogenated alkanes) is 25. The van der Waals surface area contributed by atoms with Crippen molar-refractivity contribution >= 4 is 11.9 Å². The molecule has 0 aromatic rings. The van der Waals surface area contributed by atoms with Crippen LogP contribution in [0.4, 0.5) is 0 Å². The number of carboxylic acids is 1. The molecule has 42 heavy (non-hydrogen) atoms. The third kappa shape index (κ3) is 33.2. The van der Waals surface area contributed by atoms with E-state index in [4.69, 9.17) is 4.74 Å². The van der Waals surface area contributed by atoms with E-state index in [0.717, 1.165) is 38.5 Å². The molecule has 0 aliphatic rings. The number of aliphatic carboxylic acids is 1. The maximum Gasteiger partial charge on any atom is 0.307 e. The average molecular weight is 593 g/mol. The largest absolute Gasteiger partial charge is 0.481 e. The topological polar surface area (TPSA) is 63.6 Å². The van der Waals surface area contributed by atoms with Crippen LogP contribution in [0, 0.1) is 0 Å². The number of esters is 1. The quantitative estimate of drug-likeness (QED) is 0.0458. The van der Waals surface area contributed by atoms with E-state index >= 15 is 0 Å². The van der Waals surface area contributed by atoms with Gasteiger partial charge in [-0.3, -0.25) is 9.59 Å². The molecule has 0 saturated carbocycles. The van der Waals surface area contributed by atoms with Crippen molar-refractivity contribution in [3.05, 3.63) is 12.2 Å². The summed E-state index contributed by atoms with van der Waals surface area (Å²) in [4.78, 5) is 23.6. The number of ether oxygens (including phenoxy) is 1. The summed E-state index contributed by atoms with van der Waals surface area (Å²) in [6.07, 6.45) is 40.9. The van der Waals surface area contributed by atoms with Gasteiger partial charge < -0.3 is 9.84 Å². The highest BCUT2D eigenvalue weighted by molar-refractivity contribution is 5.71. The predicted octanol–water partition coefficient (Wildman–Crippen LogP) is 12.7. The Kier molecular flexibility index (Phi) is 33.1. The molecule has 0 aromatic heterocycles. The molecule has 0 rings (SSSR count). The lowest BCUT2D eigenvalue weighted by molar-refractivity contribution is -0.153. The Morgan fingerprint density at radius 2 is 0.881 bits per heavy atom. The van der Waals surface area contributed by atoms with Crippen LogP contribution in [-0.2, 0) is 14.3 Å². The lowest BCUT2D eigenvalue weighted by Crippen LogP contribution is -2.21. The van der Waals surface area contributed by atoms with Crippen LogP contribution in [0.1, 0.15) is 213 Å². The molecule has 4 heteroatoms. The molecule has 0 spiro atoms. The van der Waals surface area contributed by atoms with E-state index in [2.05, 4.69) is 26.0 Å². The van der Waals surface area contributed by atoms with Crippen molar-refractivity contribution in [3.8, 4) is 0 Å². The summed E-state index contributed by atoms with van der Waals surface area (Å²) in [5.74, 6) is -1.10. The van der Waals surface area contributed by atoms with Gasteiger partial charge in [-0.25, -0.2) is 0 Å². The van der Waals surface area contributed by atoms with Crippen molar-refractivity contribution < 1.29 is 19.4 Å². The lowest BCUT2D eigenvalue weighted by Gasteiger charge is -2.16. The molecule has 0 aliphatic heterocycles. The number of hydrogen-bond donors (Lipinski definition) is 1. The Balaban J connectivity index is 3.65. The molecule has 0 amide bonds. The van der Waals surface area contributed by atoms with Gasteiger partial charge in [0.25, 0.3) is 0 Å². The van der Waals surface area contributed by atoms with E-state index in [1.807, 2.05) is 0 Å². The van der Waals surface area contributed by atoms with Crippen molar-refractivity contribution in [2.75, 3.05) is 0 Å². The van der Waals surface area contributed by atoms with Crippen LogP contribution in [0.2, 0.25) is 0 Å². The summed E-state index contributed by atoms with van der Waals surface area (Å²) in [5, 5.41) is 9.24. The van der Waals surface area contributed by atoms with Crippen LogP contribution < -0.4 is 0 Å². The molecule has 248 valence electrons. The van der Waals surface area contributed by atoms with Crippen molar-refractivity contribution in [2.24, 2.45) is 0 Å². The third-order valence-electron chi connectivity index (χ3n) is 8.47. The van der Waals surface area contributed by atoms with Crippen LogP contribution in [-0.4, -0.2) is 23.1 Å². The van der Waals surface area contributed by atoms with E-state index in [0.29, 0.717) is 12.8 Å². The zero-order valence-corrected chi connectivity index (χ0v) is 28.3. The Bertz CT molecular complexity index is 600. The smallest absolute Gasteiger partial charge is 0.307 e. The number of carbonyl (C=O) groups is 2. The molecule has 0 saturated heterocycles. The molecule has 0 fully saturated rings. The molecule has 1 atom stereocenters. The Morgan fingerprint density at radius 3 is 1.29 bits per heavy atom. The average Bonchev–Trinajstić information content (AvgIpc) is 2.96. The molecule has 4 nitrogen and oxygen atoms in total. The first-order chi connectivity index (χ1) is 20.6. The second-order valence-electron chi connectivity index (χ2n) is 12.8. The van der Waals surface area contributed by atoms with E-state index < -0.39 is 12.1 Å². The predicted molar refractivity (Wildman–Crippen MR) is 181 cm³/mol. The van der Waals surface area contributed by atoms with Gasteiger partial charge in [0.1, 0.15) is 6.10 Å². The number of carboxylic acid groups (broad SMARTS) is 1. The highest BCUT2D eigenvalue weighted by Crippen LogP contribution is 2.17. The van der Waals surface area contributed by atoms with Crippen molar-refractivity contribution in [1.29, 1.82) is 0 Å². The highest BCUT2D eigenvalue weighted by atomic mass is 16.5. The molecule has 1 unspecified atom stereocenters. The van der Waals surface area contributed by atoms with Gasteiger partial charge in [-0.1, -0.05) is 167 Å². The normalized spacial score (nSPS) is 12.2. The first kappa shape index (κ1) is 40.7. The maximum atomic E-state index is 12.3.